The zero-order valence-corrected chi connectivity index (χ0v) is 30.5. The highest BCUT2D eigenvalue weighted by Crippen LogP contribution is 2.45. The fraction of sp³-hybridized carbons (Fsp3) is 0.457. The molecule has 4 heterocycles. The molecule has 0 N–H and O–H groups in total. The van der Waals surface area contributed by atoms with E-state index in [-0.39, 0.29) is 18.3 Å². The number of rotatable bonds is 14. The first-order valence-corrected chi connectivity index (χ1v) is 20.3. The number of fused-ring (bicyclic) bond motifs is 1. The molecular weight excluding hydrogens is 666 g/mol. The Bertz CT molecular complexity index is 1970. The van der Waals surface area contributed by atoms with Crippen LogP contribution in [0.15, 0.2) is 43.0 Å². The van der Waals surface area contributed by atoms with Crippen LogP contribution in [-0.4, -0.2) is 74.8 Å². The van der Waals surface area contributed by atoms with Crippen molar-refractivity contribution in [2.45, 2.75) is 70.5 Å². The predicted molar refractivity (Wildman–Crippen MR) is 187 cm³/mol. The standard InChI is InChI=1S/C35H43F3N8O3Si/c1-44(2)16-25-17-46(21-48-14-15-50(5,6)7)32-27(25)34(43-30(42-32)28-29(23-12-13-23)39-20-40-33(28)47-4)49-19-22-8-10-24(11-9-22)31-41-26(18-45(31)3)35(36,37)38/h8-11,17-18,20,23H,12-16,19,21H2,1-7H3. The van der Waals surface area contributed by atoms with Gasteiger partial charge in [0.25, 0.3) is 0 Å². The van der Waals surface area contributed by atoms with E-state index >= 15 is 0 Å². The lowest BCUT2D eigenvalue weighted by molar-refractivity contribution is -0.140. The van der Waals surface area contributed by atoms with Crippen molar-refractivity contribution in [2.24, 2.45) is 7.05 Å². The Labute approximate surface area is 290 Å². The fourth-order valence-electron chi connectivity index (χ4n) is 5.73. The van der Waals surface area contributed by atoms with E-state index in [0.29, 0.717) is 54.2 Å². The highest BCUT2D eigenvalue weighted by molar-refractivity contribution is 6.76. The highest BCUT2D eigenvalue weighted by atomic mass is 28.3. The molecule has 5 aromatic rings. The molecular formula is C35H43F3N8O3Si. The number of imidazole rings is 1. The number of hydrogen-bond acceptors (Lipinski definition) is 9. The van der Waals surface area contributed by atoms with Gasteiger partial charge < -0.3 is 28.2 Å². The normalized spacial score (nSPS) is 13.8. The summed E-state index contributed by atoms with van der Waals surface area (Å²) < 4.78 is 61.6. The van der Waals surface area contributed by atoms with E-state index in [0.717, 1.165) is 47.3 Å². The van der Waals surface area contributed by atoms with Gasteiger partial charge in [0.1, 0.15) is 36.7 Å². The van der Waals surface area contributed by atoms with Gasteiger partial charge in [-0.2, -0.15) is 18.2 Å². The molecule has 1 aromatic carbocycles. The van der Waals surface area contributed by atoms with E-state index in [2.05, 4.69) is 39.5 Å². The Morgan fingerprint density at radius 1 is 0.980 bits per heavy atom. The molecule has 15 heteroatoms. The Hall–Kier alpha value is -4.34. The van der Waals surface area contributed by atoms with Crippen LogP contribution < -0.4 is 9.47 Å². The summed E-state index contributed by atoms with van der Waals surface area (Å²) in [4.78, 5) is 25.0. The summed E-state index contributed by atoms with van der Waals surface area (Å²) in [5, 5.41) is 0.768. The van der Waals surface area contributed by atoms with Gasteiger partial charge in [-0.05, 0) is 44.1 Å². The smallest absolute Gasteiger partial charge is 0.434 e. The number of hydrogen-bond donors (Lipinski definition) is 0. The summed E-state index contributed by atoms with van der Waals surface area (Å²) >= 11 is 0. The van der Waals surface area contributed by atoms with Gasteiger partial charge >= 0.3 is 6.18 Å². The van der Waals surface area contributed by atoms with Crippen molar-refractivity contribution in [2.75, 3.05) is 27.8 Å². The third-order valence-electron chi connectivity index (χ3n) is 8.45. The average molecular weight is 709 g/mol. The van der Waals surface area contributed by atoms with E-state index < -0.39 is 19.9 Å². The SMILES string of the molecule is COc1ncnc(C2CC2)c1-c1nc(OCc2ccc(-c3nc(C(F)(F)F)cn3C)cc2)c2c(CN(C)C)cn(COCC[Si](C)(C)C)c2n1. The Morgan fingerprint density at radius 2 is 1.72 bits per heavy atom. The second-order valence-corrected chi connectivity index (χ2v) is 19.8. The molecule has 0 saturated heterocycles. The van der Waals surface area contributed by atoms with Gasteiger partial charge in [-0.15, -0.1) is 0 Å². The summed E-state index contributed by atoms with van der Waals surface area (Å²) in [7, 11) is 5.82. The molecule has 11 nitrogen and oxygen atoms in total. The van der Waals surface area contributed by atoms with E-state index in [1.54, 1.807) is 26.3 Å². The maximum absolute atomic E-state index is 13.3. The Morgan fingerprint density at radius 3 is 2.34 bits per heavy atom. The van der Waals surface area contributed by atoms with Gasteiger partial charge in [-0.3, -0.25) is 0 Å². The van der Waals surface area contributed by atoms with Crippen LogP contribution in [0.1, 0.15) is 41.3 Å². The summed E-state index contributed by atoms with van der Waals surface area (Å²) in [6.45, 7) is 8.69. The number of methoxy groups -OCH3 is 1. The van der Waals surface area contributed by atoms with Gasteiger partial charge in [0.2, 0.25) is 11.8 Å². The van der Waals surface area contributed by atoms with E-state index in [4.69, 9.17) is 24.2 Å². The van der Waals surface area contributed by atoms with Crippen molar-refractivity contribution >= 4 is 19.1 Å². The van der Waals surface area contributed by atoms with Crippen LogP contribution in [-0.2, 0) is 37.8 Å². The highest BCUT2D eigenvalue weighted by Gasteiger charge is 2.35. The summed E-state index contributed by atoms with van der Waals surface area (Å²) in [6.07, 6.45) is 2.04. The minimum atomic E-state index is -4.52. The maximum atomic E-state index is 13.3. The number of aromatic nitrogens is 7. The van der Waals surface area contributed by atoms with E-state index in [9.17, 15) is 13.2 Å². The van der Waals surface area contributed by atoms with Crippen LogP contribution >= 0.6 is 0 Å². The molecule has 50 heavy (non-hydrogen) atoms. The molecule has 1 aliphatic rings. The average Bonchev–Trinajstić information content (AvgIpc) is 3.74. The lowest BCUT2D eigenvalue weighted by Gasteiger charge is -2.16. The van der Waals surface area contributed by atoms with Gasteiger partial charge in [-0.25, -0.2) is 19.9 Å². The summed E-state index contributed by atoms with van der Waals surface area (Å²) in [5.74, 6) is 1.67. The van der Waals surface area contributed by atoms with Crippen LogP contribution in [0.25, 0.3) is 33.8 Å². The van der Waals surface area contributed by atoms with Crippen molar-refractivity contribution in [3.8, 4) is 34.5 Å². The molecule has 4 aromatic heterocycles. The molecule has 1 aliphatic carbocycles. The number of alkyl halides is 3. The van der Waals surface area contributed by atoms with Crippen LogP contribution in [0.5, 0.6) is 11.8 Å². The van der Waals surface area contributed by atoms with Crippen LogP contribution in [0.3, 0.4) is 0 Å². The Balaban J connectivity index is 1.39. The quantitative estimate of drug-likeness (QED) is 0.0879. The van der Waals surface area contributed by atoms with Gasteiger partial charge in [0, 0.05) is 52.1 Å². The molecule has 266 valence electrons. The minimum Gasteiger partial charge on any atom is -0.480 e. The fourth-order valence-corrected chi connectivity index (χ4v) is 6.49. The van der Waals surface area contributed by atoms with Gasteiger partial charge in [0.05, 0.1) is 18.2 Å². The number of aryl methyl sites for hydroxylation is 1. The van der Waals surface area contributed by atoms with Crippen LogP contribution in [0, 0.1) is 0 Å². The van der Waals surface area contributed by atoms with E-state index in [1.165, 1.54) is 10.9 Å². The maximum Gasteiger partial charge on any atom is 0.434 e. The first-order chi connectivity index (χ1) is 23.7. The molecule has 0 atom stereocenters. The molecule has 0 radical (unpaired) electrons. The largest absolute Gasteiger partial charge is 0.480 e. The molecule has 0 unspecified atom stereocenters. The zero-order chi connectivity index (χ0) is 35.8. The molecule has 0 spiro atoms. The molecule has 0 bridgehead atoms. The van der Waals surface area contributed by atoms with Gasteiger partial charge in [0.15, 0.2) is 11.5 Å². The predicted octanol–water partition coefficient (Wildman–Crippen LogP) is 7.15. The third kappa shape index (κ3) is 8.00. The number of benzene rings is 1. The first-order valence-electron chi connectivity index (χ1n) is 16.6. The molecule has 0 aliphatic heterocycles. The Kier molecular flexibility index (Phi) is 10.0. The zero-order valence-electron chi connectivity index (χ0n) is 29.5. The van der Waals surface area contributed by atoms with Crippen molar-refractivity contribution in [1.29, 1.82) is 0 Å². The molecule has 1 fully saturated rings. The van der Waals surface area contributed by atoms with Crippen molar-refractivity contribution < 1.29 is 27.4 Å². The summed E-state index contributed by atoms with van der Waals surface area (Å²) in [5.41, 5.74) is 3.55. The van der Waals surface area contributed by atoms with Gasteiger partial charge in [-0.1, -0.05) is 43.9 Å². The second-order valence-electron chi connectivity index (χ2n) is 14.2. The van der Waals surface area contributed by atoms with E-state index in [1.807, 2.05) is 37.0 Å². The lowest BCUT2D eigenvalue weighted by Crippen LogP contribution is -2.22. The topological polar surface area (TPSA) is 105 Å². The molecule has 1 saturated carbocycles. The van der Waals surface area contributed by atoms with Crippen molar-refractivity contribution in [1.82, 2.24) is 39.0 Å². The van der Waals surface area contributed by atoms with Crippen LogP contribution in [0.4, 0.5) is 13.2 Å². The number of nitrogens with zero attached hydrogens (tertiary/aromatic N) is 8. The van der Waals surface area contributed by atoms with Crippen molar-refractivity contribution in [3.05, 3.63) is 65.5 Å². The van der Waals surface area contributed by atoms with Crippen LogP contribution in [0.2, 0.25) is 25.7 Å². The monoisotopic (exact) mass is 708 g/mol. The van der Waals surface area contributed by atoms with Crippen molar-refractivity contribution in [3.63, 3.8) is 0 Å². The summed E-state index contributed by atoms with van der Waals surface area (Å²) in [6, 6.07) is 8.14. The molecule has 6 rings (SSSR count). The first kappa shape index (κ1) is 35.5. The second kappa shape index (κ2) is 14.1. The number of ether oxygens (including phenoxy) is 3. The minimum absolute atomic E-state index is 0.150. The molecule has 0 amide bonds. The lowest BCUT2D eigenvalue weighted by atomic mass is 10.1. The third-order valence-corrected chi connectivity index (χ3v) is 10.2. The number of halogens is 3.